The lowest BCUT2D eigenvalue weighted by molar-refractivity contribution is -0.137. The minimum Gasteiger partial charge on any atom is -0.486 e. The fourth-order valence-electron chi connectivity index (χ4n) is 4.09. The van der Waals surface area contributed by atoms with Gasteiger partial charge in [-0.15, -0.1) is 0 Å². The van der Waals surface area contributed by atoms with Gasteiger partial charge in [0, 0.05) is 31.4 Å². The summed E-state index contributed by atoms with van der Waals surface area (Å²) in [5.41, 5.74) is -0.419. The highest BCUT2D eigenvalue weighted by Crippen LogP contribution is 2.32. The number of nitrogens with zero attached hydrogens (tertiary/aromatic N) is 1. The molecule has 184 valence electrons. The summed E-state index contributed by atoms with van der Waals surface area (Å²) in [6.07, 6.45) is -3.95. The number of amides is 1. The summed E-state index contributed by atoms with van der Waals surface area (Å²) in [5, 5.41) is 16.5. The van der Waals surface area contributed by atoms with Gasteiger partial charge in [0.05, 0.1) is 12.1 Å². The number of ether oxygens (including phenoxy) is 2. The Morgan fingerprint density at radius 3 is 2.44 bits per heavy atom. The molecule has 1 saturated heterocycles. The number of anilines is 1. The SMILES string of the molecule is O=C(CN1CCC(NCC(O)C2COc3ccccc3O2)CC1)Nc1ccc(C(F)(F)F)cc1. The van der Waals surface area contributed by atoms with Crippen LogP contribution in [0, 0.1) is 0 Å². The highest BCUT2D eigenvalue weighted by atomic mass is 19.4. The summed E-state index contributed by atoms with van der Waals surface area (Å²) < 4.78 is 49.4. The third kappa shape index (κ3) is 6.40. The van der Waals surface area contributed by atoms with E-state index in [1.165, 1.54) is 12.1 Å². The molecule has 0 bridgehead atoms. The van der Waals surface area contributed by atoms with E-state index in [4.69, 9.17) is 9.47 Å². The third-order valence-corrected chi connectivity index (χ3v) is 6.03. The molecule has 0 saturated carbocycles. The lowest BCUT2D eigenvalue weighted by Crippen LogP contribution is -2.50. The average molecular weight is 479 g/mol. The number of aliphatic hydroxyl groups excluding tert-OH is 1. The topological polar surface area (TPSA) is 83.1 Å². The van der Waals surface area contributed by atoms with Crippen LogP contribution in [0.3, 0.4) is 0 Å². The molecule has 0 radical (unpaired) electrons. The summed E-state index contributed by atoms with van der Waals surface area (Å²) in [4.78, 5) is 14.3. The molecule has 10 heteroatoms. The predicted octanol–water partition coefficient (Wildman–Crippen LogP) is 2.90. The van der Waals surface area contributed by atoms with Crippen LogP contribution in [0.2, 0.25) is 0 Å². The van der Waals surface area contributed by atoms with Crippen LogP contribution in [0.5, 0.6) is 11.5 Å². The Morgan fingerprint density at radius 2 is 1.76 bits per heavy atom. The van der Waals surface area contributed by atoms with Crippen molar-refractivity contribution >= 4 is 11.6 Å². The number of nitrogens with one attached hydrogen (secondary N) is 2. The number of aliphatic hydroxyl groups is 1. The zero-order valence-electron chi connectivity index (χ0n) is 18.6. The molecule has 3 N–H and O–H groups in total. The Kier molecular flexibility index (Phi) is 7.60. The van der Waals surface area contributed by atoms with E-state index in [0.717, 1.165) is 25.0 Å². The first-order chi connectivity index (χ1) is 16.3. The van der Waals surface area contributed by atoms with Crippen LogP contribution in [0.4, 0.5) is 18.9 Å². The molecule has 4 rings (SSSR count). The Hall–Kier alpha value is -2.82. The lowest BCUT2D eigenvalue weighted by atomic mass is 10.0. The summed E-state index contributed by atoms with van der Waals surface area (Å²) in [7, 11) is 0. The van der Waals surface area contributed by atoms with Crippen molar-refractivity contribution < 1.29 is 32.5 Å². The van der Waals surface area contributed by atoms with Gasteiger partial charge in [0.15, 0.2) is 17.6 Å². The smallest absolute Gasteiger partial charge is 0.416 e. The maximum absolute atomic E-state index is 12.6. The van der Waals surface area contributed by atoms with E-state index in [0.29, 0.717) is 36.8 Å². The molecular formula is C24H28F3N3O4. The van der Waals surface area contributed by atoms with Crippen LogP contribution in [0.25, 0.3) is 0 Å². The summed E-state index contributed by atoms with van der Waals surface area (Å²) >= 11 is 0. The number of likely N-dealkylation sites (tertiary alicyclic amines) is 1. The molecule has 2 aromatic carbocycles. The van der Waals surface area contributed by atoms with E-state index in [2.05, 4.69) is 10.6 Å². The van der Waals surface area contributed by atoms with Crippen LogP contribution in [-0.2, 0) is 11.0 Å². The van der Waals surface area contributed by atoms with E-state index < -0.39 is 23.9 Å². The molecule has 34 heavy (non-hydrogen) atoms. The molecule has 0 spiro atoms. The quantitative estimate of drug-likeness (QED) is 0.567. The number of halogens is 3. The van der Waals surface area contributed by atoms with Crippen molar-refractivity contribution in [1.29, 1.82) is 0 Å². The summed E-state index contributed by atoms with van der Waals surface area (Å²) in [6, 6.07) is 12.0. The number of para-hydroxylation sites is 2. The molecule has 2 atom stereocenters. The van der Waals surface area contributed by atoms with Gasteiger partial charge in [-0.3, -0.25) is 9.69 Å². The fraction of sp³-hybridized carbons (Fsp3) is 0.458. The van der Waals surface area contributed by atoms with Gasteiger partial charge in [-0.1, -0.05) is 12.1 Å². The minimum absolute atomic E-state index is 0.170. The fourth-order valence-corrected chi connectivity index (χ4v) is 4.09. The molecule has 0 aromatic heterocycles. The molecule has 1 amide bonds. The number of hydrogen-bond donors (Lipinski definition) is 3. The van der Waals surface area contributed by atoms with Crippen molar-refractivity contribution in [2.24, 2.45) is 0 Å². The zero-order valence-corrected chi connectivity index (χ0v) is 18.6. The van der Waals surface area contributed by atoms with Crippen LogP contribution in [-0.4, -0.2) is 66.9 Å². The van der Waals surface area contributed by atoms with E-state index >= 15 is 0 Å². The normalized spacial score (nSPS) is 20.1. The van der Waals surface area contributed by atoms with Gasteiger partial charge in [-0.05, 0) is 49.2 Å². The van der Waals surface area contributed by atoms with Crippen LogP contribution in [0.15, 0.2) is 48.5 Å². The van der Waals surface area contributed by atoms with Gasteiger partial charge in [-0.2, -0.15) is 13.2 Å². The van der Waals surface area contributed by atoms with E-state index in [9.17, 15) is 23.1 Å². The van der Waals surface area contributed by atoms with Crippen molar-refractivity contribution in [2.45, 2.75) is 37.3 Å². The van der Waals surface area contributed by atoms with Gasteiger partial charge >= 0.3 is 6.18 Å². The monoisotopic (exact) mass is 479 g/mol. The van der Waals surface area contributed by atoms with Crippen molar-refractivity contribution in [3.05, 3.63) is 54.1 Å². The average Bonchev–Trinajstić information content (AvgIpc) is 2.83. The van der Waals surface area contributed by atoms with Crippen LogP contribution < -0.4 is 20.1 Å². The molecule has 1 fully saturated rings. The first kappa shape index (κ1) is 24.3. The molecule has 2 aliphatic rings. The second-order valence-corrected chi connectivity index (χ2v) is 8.56. The number of carbonyl (C=O) groups is 1. The number of rotatable bonds is 7. The second-order valence-electron chi connectivity index (χ2n) is 8.56. The lowest BCUT2D eigenvalue weighted by Gasteiger charge is -2.34. The van der Waals surface area contributed by atoms with Crippen LogP contribution in [0.1, 0.15) is 18.4 Å². The molecule has 2 unspecified atom stereocenters. The van der Waals surface area contributed by atoms with E-state index in [1.54, 1.807) is 0 Å². The molecule has 2 heterocycles. The third-order valence-electron chi connectivity index (χ3n) is 6.03. The predicted molar refractivity (Wildman–Crippen MR) is 120 cm³/mol. The number of hydrogen-bond acceptors (Lipinski definition) is 6. The van der Waals surface area contributed by atoms with Crippen molar-refractivity contribution in [2.75, 3.05) is 38.1 Å². The highest BCUT2D eigenvalue weighted by molar-refractivity contribution is 5.92. The Balaban J connectivity index is 1.15. The van der Waals surface area contributed by atoms with Gasteiger partial charge in [0.25, 0.3) is 0 Å². The van der Waals surface area contributed by atoms with E-state index in [1.807, 2.05) is 29.2 Å². The number of piperidine rings is 1. The van der Waals surface area contributed by atoms with Crippen molar-refractivity contribution in [3.8, 4) is 11.5 Å². The van der Waals surface area contributed by atoms with Gasteiger partial charge in [0.2, 0.25) is 5.91 Å². The standard InChI is InChI=1S/C24H28F3N3O4/c25-24(26,27)16-5-7-18(8-6-16)29-23(32)14-30-11-9-17(10-12-30)28-13-19(31)22-15-33-20-3-1-2-4-21(20)34-22/h1-8,17,19,22,28,31H,9-15H2,(H,29,32). The molecular weight excluding hydrogens is 451 g/mol. The number of alkyl halides is 3. The zero-order chi connectivity index (χ0) is 24.1. The van der Waals surface area contributed by atoms with Gasteiger partial charge in [0.1, 0.15) is 12.7 Å². The first-order valence-electron chi connectivity index (χ1n) is 11.3. The molecule has 7 nitrogen and oxygen atoms in total. The Labute approximate surface area is 195 Å². The first-order valence-corrected chi connectivity index (χ1v) is 11.3. The molecule has 2 aromatic rings. The molecule has 0 aliphatic carbocycles. The van der Waals surface area contributed by atoms with Crippen LogP contribution >= 0.6 is 0 Å². The number of benzene rings is 2. The van der Waals surface area contributed by atoms with Crippen molar-refractivity contribution in [3.63, 3.8) is 0 Å². The Morgan fingerprint density at radius 1 is 1.09 bits per heavy atom. The van der Waals surface area contributed by atoms with E-state index in [-0.39, 0.29) is 25.1 Å². The maximum Gasteiger partial charge on any atom is 0.416 e. The Bertz CT molecular complexity index is 963. The van der Waals surface area contributed by atoms with Gasteiger partial charge < -0.3 is 25.2 Å². The molecule has 2 aliphatic heterocycles. The summed E-state index contributed by atoms with van der Waals surface area (Å²) in [5.74, 6) is 1.03. The largest absolute Gasteiger partial charge is 0.486 e. The maximum atomic E-state index is 12.6. The van der Waals surface area contributed by atoms with Crippen molar-refractivity contribution in [1.82, 2.24) is 10.2 Å². The number of carbonyl (C=O) groups excluding carboxylic acids is 1. The van der Waals surface area contributed by atoms with Gasteiger partial charge in [-0.25, -0.2) is 0 Å². The second kappa shape index (κ2) is 10.6. The minimum atomic E-state index is -4.40. The highest BCUT2D eigenvalue weighted by Gasteiger charge is 2.30. The number of fused-ring (bicyclic) bond motifs is 1. The summed E-state index contributed by atoms with van der Waals surface area (Å²) in [6.45, 7) is 2.22.